The lowest BCUT2D eigenvalue weighted by Gasteiger charge is -2.49. The second kappa shape index (κ2) is 12.2. The van der Waals surface area contributed by atoms with Gasteiger partial charge in [-0.2, -0.15) is 0 Å². The fourth-order valence-corrected chi connectivity index (χ4v) is 11.9. The van der Waals surface area contributed by atoms with Gasteiger partial charge < -0.3 is 4.65 Å². The van der Waals surface area contributed by atoms with Crippen molar-refractivity contribution in [2.24, 2.45) is 0 Å². The highest BCUT2D eigenvalue weighted by Gasteiger charge is 2.72. The Morgan fingerprint density at radius 2 is 0.982 bits per heavy atom. The van der Waals surface area contributed by atoms with Crippen LogP contribution in [0.1, 0.15) is 76.4 Å². The highest BCUT2D eigenvalue weighted by atomic mass is 16.6. The molecule has 0 radical (unpaired) electrons. The number of allylic oxidation sites excluding steroid dienone is 2. The van der Waals surface area contributed by atoms with Gasteiger partial charge in [0.15, 0.2) is 0 Å². The van der Waals surface area contributed by atoms with Crippen LogP contribution < -0.4 is 10.9 Å². The summed E-state index contributed by atoms with van der Waals surface area (Å²) >= 11 is 0. The Labute approximate surface area is 328 Å². The summed E-state index contributed by atoms with van der Waals surface area (Å²) in [6.07, 6.45) is 2.11. The van der Waals surface area contributed by atoms with Gasteiger partial charge in [0.25, 0.3) is 0 Å². The second-order valence-corrected chi connectivity index (χ2v) is 17.3. The summed E-state index contributed by atoms with van der Waals surface area (Å²) in [5.74, 6) is -0.0294. The monoisotopic (exact) mass is 720 g/mol. The lowest BCUT2D eigenvalue weighted by molar-refractivity contribution is 0.139. The zero-order chi connectivity index (χ0) is 39.0. The molecule has 0 aromatic heterocycles. The molecule has 1 aliphatic carbocycles. The minimum atomic E-state index is -0.569. The van der Waals surface area contributed by atoms with E-state index in [1.165, 1.54) is 106 Å². The first-order valence-corrected chi connectivity index (χ1v) is 19.8. The van der Waals surface area contributed by atoms with E-state index in [2.05, 4.69) is 167 Å². The van der Waals surface area contributed by atoms with Crippen LogP contribution in [0.2, 0.25) is 5.82 Å². The molecule has 9 rings (SSSR count). The Hall–Kier alpha value is -5.06. The van der Waals surface area contributed by atoms with Crippen molar-refractivity contribution in [1.29, 1.82) is 0 Å². The zero-order valence-corrected chi connectivity index (χ0v) is 34.4. The number of aryl methyl sites for hydroxylation is 9. The number of hydrazine groups is 1. The molecule has 274 valence electrons. The number of hydrogen-bond acceptors (Lipinski definition) is 3. The van der Waals surface area contributed by atoms with Crippen LogP contribution >= 0.6 is 0 Å². The van der Waals surface area contributed by atoms with E-state index in [9.17, 15) is 0 Å². The van der Waals surface area contributed by atoms with Crippen LogP contribution in [0.5, 0.6) is 0 Å². The summed E-state index contributed by atoms with van der Waals surface area (Å²) in [5.41, 5.74) is 25.1. The molecule has 4 aliphatic rings. The minimum Gasteiger partial charge on any atom is -0.498 e. The fourth-order valence-electron chi connectivity index (χ4n) is 11.9. The molecule has 5 aromatic rings. The molecule has 0 unspecified atom stereocenters. The molecule has 3 aliphatic heterocycles. The highest BCUT2D eigenvalue weighted by molar-refractivity contribution is 6.83. The maximum absolute atomic E-state index is 15.0. The second-order valence-electron chi connectivity index (χ2n) is 17.3. The van der Waals surface area contributed by atoms with Crippen LogP contribution in [-0.4, -0.2) is 35.4 Å². The fraction of sp³-hybridized carbons (Fsp3) is 0.286. The topological polar surface area (TPSA) is 32.8 Å². The number of fused-ring (bicyclic) bond motifs is 3. The van der Waals surface area contributed by atoms with Crippen LogP contribution in [0.4, 0.5) is 4.79 Å². The van der Waals surface area contributed by atoms with Gasteiger partial charge in [0.05, 0.1) is 5.54 Å². The third-order valence-corrected chi connectivity index (χ3v) is 13.2. The molecular weight excluding hydrogens is 670 g/mol. The van der Waals surface area contributed by atoms with Crippen molar-refractivity contribution < 1.29 is 9.45 Å². The van der Waals surface area contributed by atoms with E-state index in [-0.39, 0.29) is 18.8 Å². The van der Waals surface area contributed by atoms with Crippen molar-refractivity contribution in [3.05, 3.63) is 146 Å². The van der Waals surface area contributed by atoms with Crippen LogP contribution in [0.15, 0.2) is 90.0 Å². The summed E-state index contributed by atoms with van der Waals surface area (Å²) in [7, 11) is -0.569. The van der Waals surface area contributed by atoms with Crippen LogP contribution in [0.3, 0.4) is 0 Å². The summed E-state index contributed by atoms with van der Waals surface area (Å²) in [4.78, 5) is 19.4. The van der Waals surface area contributed by atoms with Gasteiger partial charge in [0, 0.05) is 5.82 Å². The van der Waals surface area contributed by atoms with Crippen LogP contribution in [0.25, 0.3) is 39.0 Å². The predicted octanol–water partition coefficient (Wildman–Crippen LogP) is 10.6. The first-order chi connectivity index (χ1) is 26.1. The van der Waals surface area contributed by atoms with E-state index in [0.717, 1.165) is 11.0 Å². The minimum absolute atomic E-state index is 0.0294. The third-order valence-electron chi connectivity index (χ3n) is 13.2. The molecule has 4 nitrogen and oxygen atoms in total. The number of carbonyl (C=O) groups is 1. The molecule has 2 saturated heterocycles. The van der Waals surface area contributed by atoms with Crippen molar-refractivity contribution in [1.82, 2.24) is 9.84 Å². The van der Waals surface area contributed by atoms with Gasteiger partial charge in [0.1, 0.15) is 0 Å². The lowest BCUT2D eigenvalue weighted by Crippen LogP contribution is -2.63. The number of hydrogen-bond donors (Lipinski definition) is 0. The number of benzene rings is 5. The van der Waals surface area contributed by atoms with E-state index < -0.39 is 12.6 Å². The van der Waals surface area contributed by atoms with E-state index in [0.29, 0.717) is 0 Å². The van der Waals surface area contributed by atoms with E-state index >= 15 is 4.79 Å². The van der Waals surface area contributed by atoms with Crippen LogP contribution in [0, 0.1) is 62.3 Å². The zero-order valence-electron chi connectivity index (χ0n) is 34.4. The molecule has 2 atom stereocenters. The Morgan fingerprint density at radius 3 is 1.42 bits per heavy atom. The van der Waals surface area contributed by atoms with Crippen molar-refractivity contribution in [3.8, 4) is 33.4 Å². The molecule has 0 bridgehead atoms. The van der Waals surface area contributed by atoms with Crippen molar-refractivity contribution in [2.45, 2.75) is 94.4 Å². The van der Waals surface area contributed by atoms with Gasteiger partial charge in [-0.15, -0.1) is 0 Å². The lowest BCUT2D eigenvalue weighted by atomic mass is 9.37. The summed E-state index contributed by atoms with van der Waals surface area (Å²) in [6.45, 7) is 26.4. The van der Waals surface area contributed by atoms with Crippen molar-refractivity contribution in [2.75, 3.05) is 0 Å². The molecular formula is C49H50B2N2O2. The molecule has 0 saturated carbocycles. The van der Waals surface area contributed by atoms with Gasteiger partial charge in [0.2, 0.25) is 0 Å². The quantitative estimate of drug-likeness (QED) is 0.173. The first kappa shape index (κ1) is 35.6. The summed E-state index contributed by atoms with van der Waals surface area (Å²) in [5, 5.41) is 0. The average Bonchev–Trinajstić information content (AvgIpc) is 3.57. The average molecular weight is 721 g/mol. The largest absolute Gasteiger partial charge is 0.509 e. The number of carbonyl (C=O) groups excluding carboxylic acids is 1. The smallest absolute Gasteiger partial charge is 0.498 e. The maximum Gasteiger partial charge on any atom is 0.509 e. The number of nitrogens with zero attached hydrogens (tertiary/aromatic N) is 2. The summed E-state index contributed by atoms with van der Waals surface area (Å²) in [6, 6.07) is 27.2. The highest BCUT2D eigenvalue weighted by Crippen LogP contribution is 2.60. The SMILES string of the molecule is CC1=CC(C)=C2c3cccc(-c4c(C)cc(C)cc4C)c3B3OC(=O)N4B(c5c(-c6c(C)cc(C)cc6C)cccc5-c5c(C)cc(C)cc5C)[C@H]1[C@@]2(C)N34. The molecule has 6 heteroatoms. The number of amides is 1. The molecule has 3 heterocycles. The Morgan fingerprint density at radius 1 is 0.582 bits per heavy atom. The van der Waals surface area contributed by atoms with Crippen molar-refractivity contribution in [3.63, 3.8) is 0 Å². The van der Waals surface area contributed by atoms with Gasteiger partial charge in [-0.3, -0.25) is 4.92 Å². The van der Waals surface area contributed by atoms with Crippen molar-refractivity contribution >= 4 is 36.5 Å². The third kappa shape index (κ3) is 4.86. The van der Waals surface area contributed by atoms with Gasteiger partial charge in [-0.1, -0.05) is 101 Å². The molecule has 0 N–H and O–H groups in total. The van der Waals surface area contributed by atoms with Gasteiger partial charge >= 0.3 is 20.0 Å². The van der Waals surface area contributed by atoms with Crippen LogP contribution in [-0.2, 0) is 4.65 Å². The molecule has 5 aromatic carbocycles. The molecule has 2 fully saturated rings. The summed E-state index contributed by atoms with van der Waals surface area (Å²) < 4.78 is 6.73. The Bertz CT molecular complexity index is 2470. The van der Waals surface area contributed by atoms with Gasteiger partial charge in [-0.25, -0.2) is 9.71 Å². The Balaban J connectivity index is 1.38. The van der Waals surface area contributed by atoms with E-state index in [1.807, 2.05) is 4.92 Å². The normalized spacial score (nSPS) is 19.9. The molecule has 1 amide bonds. The molecule has 0 spiro atoms. The maximum atomic E-state index is 15.0. The Kier molecular flexibility index (Phi) is 7.92. The molecule has 55 heavy (non-hydrogen) atoms. The predicted molar refractivity (Wildman–Crippen MR) is 231 cm³/mol. The van der Waals surface area contributed by atoms with E-state index in [1.54, 1.807) is 0 Å². The van der Waals surface area contributed by atoms with E-state index in [4.69, 9.17) is 4.65 Å². The number of rotatable bonds is 4. The standard InChI is InChI=1S/C49H50B2N2O2/c1-26-19-29(4)41(30(5)20-26)37-15-13-16-38(42-31(6)21-27(2)22-32(42)7)45(37)50-47-36(11)25-35(10)44-40-18-14-17-39(43-33(8)23-28(3)24-34(43)9)46(40)51-53(49(44,47)12)52(50)48(54)55-51/h13-25,47H,1-12H3/t47-,49+/m1/s1. The van der Waals surface area contributed by atoms with Gasteiger partial charge in [-0.05, 0) is 177 Å². The first-order valence-electron chi connectivity index (χ1n) is 19.8.